The smallest absolute Gasteiger partial charge is 0.251 e. The number of carbonyl (C=O) groups excluding carboxylic acids is 1. The van der Waals surface area contributed by atoms with Crippen molar-refractivity contribution in [2.24, 2.45) is 0 Å². The largest absolute Gasteiger partial charge is 0.494 e. The van der Waals surface area contributed by atoms with Crippen molar-refractivity contribution in [1.29, 1.82) is 0 Å². The number of benzene rings is 1. The van der Waals surface area contributed by atoms with Gasteiger partial charge in [0.05, 0.1) is 12.2 Å². The van der Waals surface area contributed by atoms with E-state index in [1.807, 2.05) is 6.92 Å². The van der Waals surface area contributed by atoms with Gasteiger partial charge in [-0.15, -0.1) is 0 Å². The molecule has 0 spiro atoms. The molecule has 0 aliphatic rings. The molecule has 0 saturated carbocycles. The van der Waals surface area contributed by atoms with Crippen LogP contribution in [0.2, 0.25) is 0 Å². The molecule has 21 heavy (non-hydrogen) atoms. The van der Waals surface area contributed by atoms with Crippen LogP contribution < -0.4 is 10.1 Å². The summed E-state index contributed by atoms with van der Waals surface area (Å²) in [6.07, 6.45) is 3.66. The molecule has 0 fully saturated rings. The maximum absolute atomic E-state index is 12.0. The summed E-state index contributed by atoms with van der Waals surface area (Å²) in [5.74, 6) is 0.601. The SMILES string of the molecule is CCCCOc1ccc(C(=O)NCC(C)(O)CCC)cc1. The number of hydrogen-bond acceptors (Lipinski definition) is 3. The summed E-state index contributed by atoms with van der Waals surface area (Å²) in [6.45, 7) is 6.82. The van der Waals surface area contributed by atoms with Gasteiger partial charge in [0, 0.05) is 12.1 Å². The summed E-state index contributed by atoms with van der Waals surface area (Å²) in [5, 5.41) is 12.8. The van der Waals surface area contributed by atoms with Crippen LogP contribution in [0.25, 0.3) is 0 Å². The third kappa shape index (κ3) is 6.63. The molecule has 118 valence electrons. The molecule has 0 aromatic heterocycles. The highest BCUT2D eigenvalue weighted by Gasteiger charge is 2.20. The van der Waals surface area contributed by atoms with E-state index in [0.717, 1.165) is 25.0 Å². The molecule has 1 aromatic rings. The molecule has 1 atom stereocenters. The lowest BCUT2D eigenvalue weighted by molar-refractivity contribution is 0.0469. The van der Waals surface area contributed by atoms with Gasteiger partial charge in [0.15, 0.2) is 0 Å². The third-order valence-electron chi connectivity index (χ3n) is 3.30. The first-order chi connectivity index (χ1) is 9.98. The second-order valence-corrected chi connectivity index (χ2v) is 5.66. The fourth-order valence-corrected chi connectivity index (χ4v) is 2.04. The van der Waals surface area contributed by atoms with Crippen molar-refractivity contribution >= 4 is 5.91 Å². The average molecular weight is 293 g/mol. The van der Waals surface area contributed by atoms with Gasteiger partial charge in [-0.1, -0.05) is 26.7 Å². The van der Waals surface area contributed by atoms with E-state index in [4.69, 9.17) is 4.74 Å². The van der Waals surface area contributed by atoms with Crippen molar-refractivity contribution in [2.75, 3.05) is 13.2 Å². The number of rotatable bonds is 9. The third-order valence-corrected chi connectivity index (χ3v) is 3.30. The highest BCUT2D eigenvalue weighted by molar-refractivity contribution is 5.94. The van der Waals surface area contributed by atoms with Crippen LogP contribution in [0.4, 0.5) is 0 Å². The zero-order valence-electron chi connectivity index (χ0n) is 13.3. The van der Waals surface area contributed by atoms with Crippen LogP contribution in [0, 0.1) is 0 Å². The normalized spacial score (nSPS) is 13.5. The molecule has 0 aliphatic carbocycles. The standard InChI is InChI=1S/C17H27NO3/c1-4-6-12-21-15-9-7-14(8-10-15)16(19)18-13-17(3,20)11-5-2/h7-10,20H,4-6,11-13H2,1-3H3,(H,18,19). The molecule has 1 rings (SSSR count). The summed E-state index contributed by atoms with van der Waals surface area (Å²) in [6, 6.07) is 7.08. The van der Waals surface area contributed by atoms with Crippen LogP contribution >= 0.6 is 0 Å². The zero-order chi connectivity index (χ0) is 15.7. The summed E-state index contributed by atoms with van der Waals surface area (Å²) in [4.78, 5) is 12.0. The van der Waals surface area contributed by atoms with Crippen molar-refractivity contribution in [3.8, 4) is 5.75 Å². The molecular weight excluding hydrogens is 266 g/mol. The minimum Gasteiger partial charge on any atom is -0.494 e. The van der Waals surface area contributed by atoms with E-state index in [0.29, 0.717) is 18.6 Å². The van der Waals surface area contributed by atoms with Crippen molar-refractivity contribution in [3.63, 3.8) is 0 Å². The zero-order valence-corrected chi connectivity index (χ0v) is 13.3. The molecule has 1 aromatic carbocycles. The highest BCUT2D eigenvalue weighted by atomic mass is 16.5. The maximum Gasteiger partial charge on any atom is 0.251 e. The van der Waals surface area contributed by atoms with E-state index in [9.17, 15) is 9.90 Å². The first-order valence-electron chi connectivity index (χ1n) is 7.72. The Morgan fingerprint density at radius 3 is 2.48 bits per heavy atom. The first-order valence-corrected chi connectivity index (χ1v) is 7.72. The molecule has 0 heterocycles. The lowest BCUT2D eigenvalue weighted by Crippen LogP contribution is -2.40. The van der Waals surface area contributed by atoms with E-state index in [1.54, 1.807) is 31.2 Å². The van der Waals surface area contributed by atoms with Gasteiger partial charge in [-0.2, -0.15) is 0 Å². The first kappa shape index (κ1) is 17.5. The van der Waals surface area contributed by atoms with Crippen molar-refractivity contribution in [3.05, 3.63) is 29.8 Å². The van der Waals surface area contributed by atoms with Crippen LogP contribution in [0.1, 0.15) is 56.8 Å². The van der Waals surface area contributed by atoms with E-state index >= 15 is 0 Å². The van der Waals surface area contributed by atoms with Crippen molar-refractivity contribution < 1.29 is 14.6 Å². The molecule has 4 nitrogen and oxygen atoms in total. The summed E-state index contributed by atoms with van der Waals surface area (Å²) >= 11 is 0. The quantitative estimate of drug-likeness (QED) is 0.688. The van der Waals surface area contributed by atoms with E-state index in [1.165, 1.54) is 0 Å². The molecular formula is C17H27NO3. The summed E-state index contributed by atoms with van der Waals surface area (Å²) in [7, 11) is 0. The minimum atomic E-state index is -0.854. The van der Waals surface area contributed by atoms with Crippen molar-refractivity contribution in [2.45, 2.75) is 52.1 Å². The Kier molecular flexibility index (Phi) is 7.23. The van der Waals surface area contributed by atoms with Gasteiger partial charge in [0.25, 0.3) is 5.91 Å². The number of aliphatic hydroxyl groups is 1. The molecule has 0 aliphatic heterocycles. The van der Waals surface area contributed by atoms with E-state index in [2.05, 4.69) is 12.2 Å². The van der Waals surface area contributed by atoms with Gasteiger partial charge in [-0.25, -0.2) is 0 Å². The summed E-state index contributed by atoms with van der Waals surface area (Å²) < 4.78 is 5.56. The van der Waals surface area contributed by atoms with E-state index in [-0.39, 0.29) is 12.5 Å². The lowest BCUT2D eigenvalue weighted by atomic mass is 10.0. The minimum absolute atomic E-state index is 0.175. The van der Waals surface area contributed by atoms with Crippen LogP contribution in [-0.2, 0) is 0 Å². The fraction of sp³-hybridized carbons (Fsp3) is 0.588. The second-order valence-electron chi connectivity index (χ2n) is 5.66. The predicted octanol–water partition coefficient (Wildman–Crippen LogP) is 3.15. The van der Waals surface area contributed by atoms with Gasteiger partial charge >= 0.3 is 0 Å². The summed E-state index contributed by atoms with van der Waals surface area (Å²) in [5.41, 5.74) is -0.279. The Bertz CT molecular complexity index is 426. The maximum atomic E-state index is 12.0. The molecule has 1 unspecified atom stereocenters. The molecule has 2 N–H and O–H groups in total. The monoisotopic (exact) mass is 293 g/mol. The Hall–Kier alpha value is -1.55. The Morgan fingerprint density at radius 1 is 1.24 bits per heavy atom. The van der Waals surface area contributed by atoms with Gasteiger partial charge < -0.3 is 15.2 Å². The fourth-order valence-electron chi connectivity index (χ4n) is 2.04. The van der Waals surface area contributed by atoms with Crippen molar-refractivity contribution in [1.82, 2.24) is 5.32 Å². The van der Waals surface area contributed by atoms with Crippen LogP contribution in [0.15, 0.2) is 24.3 Å². The van der Waals surface area contributed by atoms with Gasteiger partial charge in [-0.05, 0) is 44.0 Å². The molecule has 0 bridgehead atoms. The number of nitrogens with one attached hydrogen (secondary N) is 1. The number of amides is 1. The Balaban J connectivity index is 2.47. The predicted molar refractivity (Wildman–Crippen MR) is 84.7 cm³/mol. The molecule has 0 saturated heterocycles. The van der Waals surface area contributed by atoms with Crippen LogP contribution in [-0.4, -0.2) is 29.8 Å². The average Bonchev–Trinajstić information content (AvgIpc) is 2.46. The van der Waals surface area contributed by atoms with Gasteiger partial charge in [0.2, 0.25) is 0 Å². The second kappa shape index (κ2) is 8.67. The molecule has 1 amide bonds. The lowest BCUT2D eigenvalue weighted by Gasteiger charge is -2.22. The van der Waals surface area contributed by atoms with Gasteiger partial charge in [-0.3, -0.25) is 4.79 Å². The topological polar surface area (TPSA) is 58.6 Å². The Labute approximate surface area is 127 Å². The number of ether oxygens (including phenoxy) is 1. The van der Waals surface area contributed by atoms with Gasteiger partial charge in [0.1, 0.15) is 5.75 Å². The van der Waals surface area contributed by atoms with Crippen LogP contribution in [0.5, 0.6) is 5.75 Å². The number of unbranched alkanes of at least 4 members (excludes halogenated alkanes) is 1. The van der Waals surface area contributed by atoms with Crippen LogP contribution in [0.3, 0.4) is 0 Å². The molecule has 4 heteroatoms. The highest BCUT2D eigenvalue weighted by Crippen LogP contribution is 2.14. The number of carbonyl (C=O) groups is 1. The number of hydrogen-bond donors (Lipinski definition) is 2. The molecule has 0 radical (unpaired) electrons. The Morgan fingerprint density at radius 2 is 1.90 bits per heavy atom. The van der Waals surface area contributed by atoms with E-state index < -0.39 is 5.60 Å².